The highest BCUT2D eigenvalue weighted by molar-refractivity contribution is 7.85. The Morgan fingerprint density at radius 2 is 1.78 bits per heavy atom. The molecule has 184 valence electrons. The number of fused-ring (bicyclic) bond motifs is 5. The van der Waals surface area contributed by atoms with Gasteiger partial charge in [-0.2, -0.15) is 8.42 Å². The van der Waals surface area contributed by atoms with E-state index in [1.54, 1.807) is 0 Å². The van der Waals surface area contributed by atoms with E-state index in [-0.39, 0.29) is 24.0 Å². The molecule has 0 aromatic rings. The van der Waals surface area contributed by atoms with Gasteiger partial charge < -0.3 is 10.4 Å². The van der Waals surface area contributed by atoms with E-state index >= 15 is 0 Å². The Morgan fingerprint density at radius 1 is 1.03 bits per heavy atom. The first-order valence-corrected chi connectivity index (χ1v) is 14.6. The zero-order valence-electron chi connectivity index (χ0n) is 19.9. The third kappa shape index (κ3) is 4.63. The fraction of sp³-hybridized carbons (Fsp3) is 0.960. The van der Waals surface area contributed by atoms with E-state index < -0.39 is 15.9 Å². The molecule has 0 bridgehead atoms. The average molecular weight is 470 g/mol. The van der Waals surface area contributed by atoms with E-state index in [2.05, 4.69) is 19.2 Å². The molecule has 6 nitrogen and oxygen atoms in total. The van der Waals surface area contributed by atoms with E-state index in [9.17, 15) is 18.3 Å². The van der Waals surface area contributed by atoms with E-state index in [4.69, 9.17) is 4.55 Å². The zero-order chi connectivity index (χ0) is 23.1. The molecule has 0 aromatic carbocycles. The topological polar surface area (TPSA) is 104 Å². The summed E-state index contributed by atoms with van der Waals surface area (Å²) in [6, 6.07) is 0. The SMILES string of the molecule is C[C@]12CC[C@H]3C([C@@H](O)CC4CCCC[C@@]43C)[C@@H]1CC[C@@H]2CCCC(=O)NCCS(=O)(=O)O. The average Bonchev–Trinajstić information content (AvgIpc) is 3.04. The highest BCUT2D eigenvalue weighted by atomic mass is 32.2. The summed E-state index contributed by atoms with van der Waals surface area (Å²) >= 11 is 0. The number of nitrogens with one attached hydrogen (secondary N) is 1. The summed E-state index contributed by atoms with van der Waals surface area (Å²) in [6.07, 6.45) is 13.3. The number of aliphatic hydroxyl groups is 1. The molecule has 4 fully saturated rings. The van der Waals surface area contributed by atoms with Gasteiger partial charge in [-0.25, -0.2) is 0 Å². The summed E-state index contributed by atoms with van der Waals surface area (Å²) in [7, 11) is -4.04. The second-order valence-electron chi connectivity index (χ2n) is 11.9. The van der Waals surface area contributed by atoms with E-state index in [1.165, 1.54) is 51.4 Å². The van der Waals surface area contributed by atoms with Crippen molar-refractivity contribution in [3.8, 4) is 0 Å². The number of hydrogen-bond donors (Lipinski definition) is 3. The van der Waals surface area contributed by atoms with Gasteiger partial charge in [-0.3, -0.25) is 9.35 Å². The van der Waals surface area contributed by atoms with Crippen LogP contribution in [0.2, 0.25) is 0 Å². The molecule has 0 radical (unpaired) electrons. The lowest BCUT2D eigenvalue weighted by molar-refractivity contribution is -0.162. The van der Waals surface area contributed by atoms with Crippen LogP contribution in [0.25, 0.3) is 0 Å². The van der Waals surface area contributed by atoms with Crippen molar-refractivity contribution >= 4 is 16.0 Å². The molecule has 4 aliphatic carbocycles. The number of carbonyl (C=O) groups excluding carboxylic acids is 1. The first-order valence-electron chi connectivity index (χ1n) is 12.9. The number of rotatable bonds is 7. The molecular weight excluding hydrogens is 426 g/mol. The number of amides is 1. The standard InChI is InChI=1S/C25H43NO5S/c1-24-12-4-3-6-18(24)16-21(27)23-19-10-9-17(25(19,2)13-11-20(23)24)7-5-8-22(28)26-14-15-32(29,30)31/h17-21,23,27H,3-16H2,1-2H3,(H,26,28)(H,29,30,31)/t17-,18?,19-,20-,21-,23?,24-,25+/m0/s1. The Hall–Kier alpha value is -0.660. The lowest BCUT2D eigenvalue weighted by atomic mass is 9.44. The largest absolute Gasteiger partial charge is 0.393 e. The molecule has 4 aliphatic rings. The van der Waals surface area contributed by atoms with Crippen molar-refractivity contribution in [2.24, 2.45) is 40.4 Å². The van der Waals surface area contributed by atoms with Crippen LogP contribution in [-0.2, 0) is 14.9 Å². The van der Waals surface area contributed by atoms with Crippen LogP contribution in [0.3, 0.4) is 0 Å². The Morgan fingerprint density at radius 3 is 2.53 bits per heavy atom. The Bertz CT molecular complexity index is 800. The molecule has 4 rings (SSSR count). The van der Waals surface area contributed by atoms with Crippen molar-refractivity contribution in [3.05, 3.63) is 0 Å². The summed E-state index contributed by atoms with van der Waals surface area (Å²) in [6.45, 7) is 4.96. The minimum Gasteiger partial charge on any atom is -0.393 e. The van der Waals surface area contributed by atoms with Crippen LogP contribution < -0.4 is 5.32 Å². The van der Waals surface area contributed by atoms with Gasteiger partial charge in [0, 0.05) is 13.0 Å². The van der Waals surface area contributed by atoms with Gasteiger partial charge in [-0.1, -0.05) is 26.7 Å². The van der Waals surface area contributed by atoms with E-state index in [0.29, 0.717) is 41.4 Å². The van der Waals surface area contributed by atoms with Crippen molar-refractivity contribution in [3.63, 3.8) is 0 Å². The van der Waals surface area contributed by atoms with Crippen molar-refractivity contribution < 1.29 is 22.9 Å². The third-order valence-corrected chi connectivity index (χ3v) is 11.2. The number of aliphatic hydroxyl groups excluding tert-OH is 1. The lowest BCUT2D eigenvalue weighted by Gasteiger charge is -2.62. The predicted octanol–water partition coefficient (Wildman–Crippen LogP) is 4.18. The maximum Gasteiger partial charge on any atom is 0.266 e. The predicted molar refractivity (Wildman–Crippen MR) is 125 cm³/mol. The van der Waals surface area contributed by atoms with Crippen LogP contribution in [0.1, 0.15) is 90.9 Å². The van der Waals surface area contributed by atoms with Crippen molar-refractivity contribution in [2.75, 3.05) is 12.3 Å². The highest BCUT2D eigenvalue weighted by Crippen LogP contribution is 2.67. The van der Waals surface area contributed by atoms with Crippen LogP contribution in [0.5, 0.6) is 0 Å². The molecule has 7 heteroatoms. The molecule has 1 amide bonds. The molecule has 3 N–H and O–H groups in total. The monoisotopic (exact) mass is 469 g/mol. The fourth-order valence-electron chi connectivity index (χ4n) is 8.75. The molecule has 0 heterocycles. The van der Waals surface area contributed by atoms with Gasteiger partial charge in [-0.05, 0) is 98.2 Å². The Kier molecular flexibility index (Phi) is 7.02. The van der Waals surface area contributed by atoms with Crippen LogP contribution in [0.15, 0.2) is 0 Å². The molecular formula is C25H43NO5S. The Labute approximate surface area is 194 Å². The van der Waals surface area contributed by atoms with E-state index in [0.717, 1.165) is 19.3 Å². The third-order valence-electron chi connectivity index (χ3n) is 10.4. The van der Waals surface area contributed by atoms with Gasteiger partial charge in [0.05, 0.1) is 11.9 Å². The van der Waals surface area contributed by atoms with Crippen LogP contribution >= 0.6 is 0 Å². The maximum atomic E-state index is 12.0. The second-order valence-corrected chi connectivity index (χ2v) is 13.5. The smallest absolute Gasteiger partial charge is 0.266 e. The fourth-order valence-corrected chi connectivity index (χ4v) is 9.11. The second kappa shape index (κ2) is 9.18. The molecule has 0 spiro atoms. The lowest BCUT2D eigenvalue weighted by Crippen LogP contribution is -2.57. The first kappa shape index (κ1) is 24.5. The summed E-state index contributed by atoms with van der Waals surface area (Å²) in [5, 5.41) is 13.9. The van der Waals surface area contributed by atoms with Gasteiger partial charge in [0.15, 0.2) is 0 Å². The summed E-state index contributed by atoms with van der Waals surface area (Å²) in [5.41, 5.74) is 0.684. The number of hydrogen-bond acceptors (Lipinski definition) is 4. The normalized spacial score (nSPS) is 43.8. The Balaban J connectivity index is 1.34. The quantitative estimate of drug-likeness (QED) is 0.485. The van der Waals surface area contributed by atoms with Crippen LogP contribution in [0.4, 0.5) is 0 Å². The van der Waals surface area contributed by atoms with Gasteiger partial charge in [0.2, 0.25) is 5.91 Å². The van der Waals surface area contributed by atoms with Crippen molar-refractivity contribution in [2.45, 2.75) is 97.0 Å². The highest BCUT2D eigenvalue weighted by Gasteiger charge is 2.61. The van der Waals surface area contributed by atoms with Crippen molar-refractivity contribution in [1.29, 1.82) is 0 Å². The minimum atomic E-state index is -4.04. The van der Waals surface area contributed by atoms with Crippen LogP contribution in [-0.4, -0.2) is 42.4 Å². The van der Waals surface area contributed by atoms with Crippen molar-refractivity contribution in [1.82, 2.24) is 5.32 Å². The van der Waals surface area contributed by atoms with Gasteiger partial charge in [-0.15, -0.1) is 0 Å². The minimum absolute atomic E-state index is 0.0401. The molecule has 2 unspecified atom stereocenters. The summed E-state index contributed by atoms with van der Waals surface area (Å²) < 4.78 is 30.3. The summed E-state index contributed by atoms with van der Waals surface area (Å²) in [5.74, 6) is 2.44. The van der Waals surface area contributed by atoms with Gasteiger partial charge >= 0.3 is 0 Å². The molecule has 0 saturated heterocycles. The number of carbonyl (C=O) groups is 1. The molecule has 4 saturated carbocycles. The molecule has 32 heavy (non-hydrogen) atoms. The molecule has 0 aromatic heterocycles. The molecule has 0 aliphatic heterocycles. The maximum absolute atomic E-state index is 12.0. The van der Waals surface area contributed by atoms with Gasteiger partial charge in [0.25, 0.3) is 10.1 Å². The van der Waals surface area contributed by atoms with E-state index in [1.807, 2.05) is 0 Å². The zero-order valence-corrected chi connectivity index (χ0v) is 20.7. The molecule has 8 atom stereocenters. The first-order chi connectivity index (χ1) is 15.0. The van der Waals surface area contributed by atoms with Gasteiger partial charge in [0.1, 0.15) is 0 Å². The summed E-state index contributed by atoms with van der Waals surface area (Å²) in [4.78, 5) is 12.0. The van der Waals surface area contributed by atoms with Crippen LogP contribution in [0, 0.1) is 40.4 Å².